The maximum absolute atomic E-state index is 2.42. The van der Waals surface area contributed by atoms with Gasteiger partial charge in [0.2, 0.25) is 16.3 Å². The van der Waals surface area contributed by atoms with E-state index in [1.54, 1.807) is 0 Å². The first-order valence-corrected chi connectivity index (χ1v) is 7.08. The Morgan fingerprint density at radius 2 is 1.62 bits per heavy atom. The minimum Gasteiger partial charge on any atom is -0.0987 e. The molecule has 13 heavy (non-hydrogen) atoms. The summed E-state index contributed by atoms with van der Waals surface area (Å²) in [5.74, 6) is 0.934. The van der Waals surface area contributed by atoms with Crippen LogP contribution in [0.3, 0.4) is 0 Å². The predicted molar refractivity (Wildman–Crippen MR) is 67.1 cm³/mol. The SMILES string of the molecule is CC([CH2][AlH2])CC(C)(C)CC(C)(C)C.[HH]. The highest BCUT2D eigenvalue weighted by Crippen LogP contribution is 2.38. The second kappa shape index (κ2) is 4.85. The number of rotatable bonds is 4. The molecule has 0 rings (SSSR count). The van der Waals surface area contributed by atoms with Crippen molar-refractivity contribution >= 4 is 16.3 Å². The molecule has 0 aliphatic carbocycles. The monoisotopic (exact) mass is 200 g/mol. The summed E-state index contributed by atoms with van der Waals surface area (Å²) in [5.41, 5.74) is 1.01. The van der Waals surface area contributed by atoms with E-state index in [9.17, 15) is 0 Å². The number of hydrogen-bond donors (Lipinski definition) is 0. The first-order chi connectivity index (χ1) is 5.66. The van der Waals surface area contributed by atoms with Gasteiger partial charge in [0, 0.05) is 1.43 Å². The Morgan fingerprint density at radius 1 is 1.15 bits per heavy atom. The molecule has 0 aliphatic heterocycles. The molecular formula is C12H29Al. The molecule has 80 valence electrons. The van der Waals surface area contributed by atoms with Gasteiger partial charge in [0.15, 0.2) is 0 Å². The molecule has 1 atom stereocenters. The Kier molecular flexibility index (Phi) is 5.05. The molecule has 0 aromatic carbocycles. The lowest BCUT2D eigenvalue weighted by Gasteiger charge is -2.34. The minimum absolute atomic E-state index is 0. The Bertz CT molecular complexity index is 147. The van der Waals surface area contributed by atoms with Crippen molar-refractivity contribution in [2.75, 3.05) is 0 Å². The zero-order valence-corrected chi connectivity index (χ0v) is 12.7. The summed E-state index contributed by atoms with van der Waals surface area (Å²) in [6.45, 7) is 14.3. The van der Waals surface area contributed by atoms with Crippen molar-refractivity contribution in [2.45, 2.75) is 59.7 Å². The van der Waals surface area contributed by atoms with Gasteiger partial charge in [0.05, 0.1) is 0 Å². The lowest BCUT2D eigenvalue weighted by molar-refractivity contribution is 0.179. The van der Waals surface area contributed by atoms with Crippen LogP contribution in [0.15, 0.2) is 0 Å². The molecule has 0 spiro atoms. The normalized spacial score (nSPS) is 15.8. The van der Waals surface area contributed by atoms with E-state index in [0.29, 0.717) is 10.8 Å². The topological polar surface area (TPSA) is 0 Å². The second-order valence-corrected chi connectivity index (χ2v) is 7.44. The molecule has 0 nitrogen and oxygen atoms in total. The van der Waals surface area contributed by atoms with Crippen LogP contribution in [0.25, 0.3) is 0 Å². The van der Waals surface area contributed by atoms with Crippen LogP contribution in [-0.4, -0.2) is 16.3 Å². The Labute approximate surface area is 94.4 Å². The molecular weight excluding hydrogens is 171 g/mol. The van der Waals surface area contributed by atoms with E-state index < -0.39 is 0 Å². The van der Waals surface area contributed by atoms with Gasteiger partial charge in [-0.15, -0.1) is 0 Å². The van der Waals surface area contributed by atoms with Gasteiger partial charge in [0.1, 0.15) is 0 Å². The molecule has 0 fully saturated rings. The third kappa shape index (κ3) is 7.59. The van der Waals surface area contributed by atoms with Crippen LogP contribution in [0, 0.1) is 16.7 Å². The Morgan fingerprint density at radius 3 is 1.92 bits per heavy atom. The van der Waals surface area contributed by atoms with Crippen LogP contribution in [0.2, 0.25) is 5.28 Å². The van der Waals surface area contributed by atoms with Gasteiger partial charge in [-0.2, -0.15) is 0 Å². The Balaban J connectivity index is 0. The van der Waals surface area contributed by atoms with Crippen LogP contribution in [0.5, 0.6) is 0 Å². The van der Waals surface area contributed by atoms with Crippen LogP contribution < -0.4 is 0 Å². The van der Waals surface area contributed by atoms with Gasteiger partial charge >= 0.3 is 0 Å². The zero-order chi connectivity index (χ0) is 10.7. The van der Waals surface area contributed by atoms with Crippen LogP contribution >= 0.6 is 0 Å². The van der Waals surface area contributed by atoms with Crippen molar-refractivity contribution in [2.24, 2.45) is 16.7 Å². The van der Waals surface area contributed by atoms with Gasteiger partial charge in [0.25, 0.3) is 0 Å². The third-order valence-electron chi connectivity index (χ3n) is 2.61. The first kappa shape index (κ1) is 13.5. The molecule has 0 saturated carbocycles. The summed E-state index contributed by atoms with van der Waals surface area (Å²) in [7, 11) is 0. The van der Waals surface area contributed by atoms with Crippen molar-refractivity contribution < 1.29 is 1.43 Å². The minimum atomic E-state index is 0. The average molecular weight is 200 g/mol. The summed E-state index contributed by atoms with van der Waals surface area (Å²) in [6, 6.07) is 0. The summed E-state index contributed by atoms with van der Waals surface area (Å²) in [4.78, 5) is 0. The van der Waals surface area contributed by atoms with Crippen molar-refractivity contribution in [3.05, 3.63) is 0 Å². The molecule has 0 aromatic rings. The van der Waals surface area contributed by atoms with Gasteiger partial charge in [-0.3, -0.25) is 0 Å². The molecule has 0 amide bonds. The molecule has 1 unspecified atom stereocenters. The fraction of sp³-hybridized carbons (Fsp3) is 1.00. The highest BCUT2D eigenvalue weighted by Gasteiger charge is 2.26. The van der Waals surface area contributed by atoms with Crippen molar-refractivity contribution in [1.29, 1.82) is 0 Å². The smallest absolute Gasteiger partial charge is 0.0987 e. The van der Waals surface area contributed by atoms with Gasteiger partial charge in [-0.05, 0) is 23.7 Å². The number of hydrogen-bond acceptors (Lipinski definition) is 0. The predicted octanol–water partition coefficient (Wildman–Crippen LogP) is 3.77. The van der Waals surface area contributed by atoms with E-state index in [1.165, 1.54) is 34.4 Å². The maximum atomic E-state index is 2.42. The summed E-state index contributed by atoms with van der Waals surface area (Å²) in [5, 5.41) is 1.45. The van der Waals surface area contributed by atoms with E-state index >= 15 is 0 Å². The standard InChI is InChI=1S/C12H25.Al.H2.2H/c1-10(2)8-12(6,7)9-11(3,4)5;;;;/h10H,1,8-9H2,2-7H3;;1H;;. The first-order valence-electron chi connectivity index (χ1n) is 5.66. The molecule has 0 aliphatic rings. The average Bonchev–Trinajstić information content (AvgIpc) is 1.80. The molecule has 0 radical (unpaired) electrons. The van der Waals surface area contributed by atoms with Crippen LogP contribution in [0.1, 0.15) is 55.8 Å². The molecule has 0 heterocycles. The van der Waals surface area contributed by atoms with Crippen LogP contribution in [0.4, 0.5) is 0 Å². The lowest BCUT2D eigenvalue weighted by Crippen LogP contribution is -2.22. The molecule has 0 N–H and O–H groups in total. The third-order valence-corrected chi connectivity index (χ3v) is 4.00. The van der Waals surface area contributed by atoms with Crippen molar-refractivity contribution in [3.8, 4) is 0 Å². The van der Waals surface area contributed by atoms with E-state index in [2.05, 4.69) is 41.5 Å². The fourth-order valence-corrected chi connectivity index (χ4v) is 2.88. The summed E-state index contributed by atoms with van der Waals surface area (Å²) < 4.78 is 0. The highest BCUT2D eigenvalue weighted by molar-refractivity contribution is 6.08. The van der Waals surface area contributed by atoms with Gasteiger partial charge in [-0.1, -0.05) is 52.7 Å². The van der Waals surface area contributed by atoms with E-state index in [0.717, 1.165) is 5.92 Å². The molecule has 1 heteroatoms. The van der Waals surface area contributed by atoms with E-state index in [1.807, 2.05) is 0 Å². The summed E-state index contributed by atoms with van der Waals surface area (Å²) >= 11 is 1.36. The van der Waals surface area contributed by atoms with Crippen molar-refractivity contribution in [1.82, 2.24) is 0 Å². The lowest BCUT2D eigenvalue weighted by atomic mass is 9.72. The molecule has 0 bridgehead atoms. The zero-order valence-electron chi connectivity index (χ0n) is 10.7. The quantitative estimate of drug-likeness (QED) is 0.606. The molecule has 0 aromatic heterocycles. The summed E-state index contributed by atoms with van der Waals surface area (Å²) in [6.07, 6.45) is 2.74. The van der Waals surface area contributed by atoms with Gasteiger partial charge in [-0.25, -0.2) is 0 Å². The van der Waals surface area contributed by atoms with Crippen molar-refractivity contribution in [3.63, 3.8) is 0 Å². The fourth-order valence-electron chi connectivity index (χ4n) is 2.60. The largest absolute Gasteiger partial charge is 0.212 e. The second-order valence-electron chi connectivity index (χ2n) is 6.62. The van der Waals surface area contributed by atoms with Gasteiger partial charge < -0.3 is 0 Å². The Hall–Kier alpha value is 0.532. The highest BCUT2D eigenvalue weighted by atomic mass is 27.0. The van der Waals surface area contributed by atoms with E-state index in [-0.39, 0.29) is 1.43 Å². The van der Waals surface area contributed by atoms with E-state index in [4.69, 9.17) is 0 Å². The molecule has 0 saturated heterocycles. The maximum Gasteiger partial charge on any atom is 0.212 e. The van der Waals surface area contributed by atoms with Crippen LogP contribution in [-0.2, 0) is 0 Å².